The quantitative estimate of drug-likeness (QED) is 0.580. The lowest BCUT2D eigenvalue weighted by molar-refractivity contribution is 0.0997. The number of benzene rings is 3. The zero-order valence-corrected chi connectivity index (χ0v) is 17.3. The van der Waals surface area contributed by atoms with Gasteiger partial charge in [0.05, 0.1) is 7.11 Å². The van der Waals surface area contributed by atoms with Crippen LogP contribution < -0.4 is 20.5 Å². The number of methoxy groups -OCH3 is 1. The van der Waals surface area contributed by atoms with Gasteiger partial charge in [-0.15, -0.1) is 0 Å². The lowest BCUT2D eigenvalue weighted by atomic mass is 10.1. The molecule has 0 atom stereocenters. The number of carbonyl (C=O) groups excluding carboxylic acids is 2. The molecule has 154 valence electrons. The van der Waals surface area contributed by atoms with Gasteiger partial charge in [-0.1, -0.05) is 29.8 Å². The number of rotatable bonds is 7. The van der Waals surface area contributed by atoms with Crippen molar-refractivity contribution in [3.05, 3.63) is 87.9 Å². The minimum absolute atomic E-state index is 0.271. The van der Waals surface area contributed by atoms with Crippen LogP contribution in [0.3, 0.4) is 0 Å². The van der Waals surface area contributed by atoms with Crippen LogP contribution in [0.5, 0.6) is 11.5 Å². The Bertz CT molecular complexity index is 1100. The molecule has 2 amide bonds. The van der Waals surface area contributed by atoms with Crippen molar-refractivity contribution < 1.29 is 19.1 Å². The summed E-state index contributed by atoms with van der Waals surface area (Å²) in [6, 6.07) is 17.2. The summed E-state index contributed by atoms with van der Waals surface area (Å²) < 4.78 is 11.2. The van der Waals surface area contributed by atoms with Gasteiger partial charge in [-0.05, 0) is 55.0 Å². The summed E-state index contributed by atoms with van der Waals surface area (Å²) in [6.45, 7) is 2.02. The Morgan fingerprint density at radius 3 is 2.47 bits per heavy atom. The summed E-state index contributed by atoms with van der Waals surface area (Å²) in [5.74, 6) is 0.0882. The van der Waals surface area contributed by atoms with Crippen molar-refractivity contribution in [1.29, 1.82) is 0 Å². The van der Waals surface area contributed by atoms with Crippen LogP contribution >= 0.6 is 11.6 Å². The molecule has 0 spiro atoms. The van der Waals surface area contributed by atoms with Crippen LogP contribution in [-0.2, 0) is 6.61 Å². The molecule has 0 aromatic heterocycles. The summed E-state index contributed by atoms with van der Waals surface area (Å²) in [7, 11) is 1.51. The van der Waals surface area contributed by atoms with E-state index in [9.17, 15) is 9.59 Å². The highest BCUT2D eigenvalue weighted by Gasteiger charge is 2.13. The Morgan fingerprint density at radius 1 is 1.03 bits per heavy atom. The minimum Gasteiger partial charge on any atom is -0.493 e. The fourth-order valence-corrected chi connectivity index (χ4v) is 3.11. The molecule has 3 aromatic rings. The number of nitrogens with two attached hydrogens (primary N) is 1. The van der Waals surface area contributed by atoms with Gasteiger partial charge in [-0.25, -0.2) is 0 Å². The van der Waals surface area contributed by atoms with Crippen LogP contribution in [0, 0.1) is 6.92 Å². The fourth-order valence-electron chi connectivity index (χ4n) is 2.92. The number of ether oxygens (including phenoxy) is 2. The first-order valence-corrected chi connectivity index (χ1v) is 9.53. The van der Waals surface area contributed by atoms with Gasteiger partial charge in [0.25, 0.3) is 5.91 Å². The number of primary amides is 1. The zero-order valence-electron chi connectivity index (χ0n) is 16.6. The smallest absolute Gasteiger partial charge is 0.255 e. The third-order valence-electron chi connectivity index (χ3n) is 4.52. The summed E-state index contributed by atoms with van der Waals surface area (Å²) in [5.41, 5.74) is 8.21. The van der Waals surface area contributed by atoms with Gasteiger partial charge in [0.15, 0.2) is 11.5 Å². The first-order chi connectivity index (χ1) is 14.4. The molecule has 0 saturated carbocycles. The molecule has 0 unspecified atom stereocenters. The molecule has 0 bridgehead atoms. The Morgan fingerprint density at radius 2 is 1.80 bits per heavy atom. The van der Waals surface area contributed by atoms with Gasteiger partial charge in [0, 0.05) is 27.4 Å². The van der Waals surface area contributed by atoms with E-state index in [0.29, 0.717) is 38.9 Å². The number of hydrogen-bond donors (Lipinski definition) is 2. The van der Waals surface area contributed by atoms with E-state index in [1.54, 1.807) is 49.4 Å². The second-order valence-corrected chi connectivity index (χ2v) is 7.00. The molecule has 7 heteroatoms. The van der Waals surface area contributed by atoms with Gasteiger partial charge in [-0.3, -0.25) is 9.59 Å². The first-order valence-electron chi connectivity index (χ1n) is 9.15. The molecule has 0 fully saturated rings. The third kappa shape index (κ3) is 4.90. The average molecular weight is 425 g/mol. The molecule has 0 aliphatic rings. The average Bonchev–Trinajstić information content (AvgIpc) is 2.72. The first kappa shape index (κ1) is 21.2. The van der Waals surface area contributed by atoms with E-state index in [1.165, 1.54) is 7.11 Å². The van der Waals surface area contributed by atoms with Crippen LogP contribution in [-0.4, -0.2) is 18.9 Å². The number of carbonyl (C=O) groups is 2. The van der Waals surface area contributed by atoms with E-state index in [0.717, 1.165) is 5.56 Å². The van der Waals surface area contributed by atoms with Gasteiger partial charge in [0.2, 0.25) is 5.91 Å². The summed E-state index contributed by atoms with van der Waals surface area (Å²) in [6.07, 6.45) is 0. The fraction of sp³-hybridized carbons (Fsp3) is 0.130. The van der Waals surface area contributed by atoms with E-state index >= 15 is 0 Å². The molecule has 6 nitrogen and oxygen atoms in total. The second-order valence-electron chi connectivity index (χ2n) is 6.59. The Kier molecular flexibility index (Phi) is 6.59. The molecule has 0 heterocycles. The molecule has 0 saturated heterocycles. The van der Waals surface area contributed by atoms with Crippen molar-refractivity contribution in [2.24, 2.45) is 5.73 Å². The standard InChI is InChI=1S/C23H21ClN2O4/c1-14-11-17(8-9-18(14)22(25)27)26-23(28)15-7-10-20(21(12-15)29-2)30-13-16-5-3-4-6-19(16)24/h3-12H,13H2,1-2H3,(H2,25,27)(H,26,28). The number of aryl methyl sites for hydroxylation is 1. The summed E-state index contributed by atoms with van der Waals surface area (Å²) in [5, 5.41) is 3.41. The van der Waals surface area contributed by atoms with Crippen molar-refractivity contribution in [2.45, 2.75) is 13.5 Å². The van der Waals surface area contributed by atoms with E-state index in [-0.39, 0.29) is 12.5 Å². The zero-order chi connectivity index (χ0) is 21.7. The predicted octanol–water partition coefficient (Wildman–Crippen LogP) is 4.59. The number of hydrogen-bond acceptors (Lipinski definition) is 4. The summed E-state index contributed by atoms with van der Waals surface area (Å²) >= 11 is 6.16. The predicted molar refractivity (Wildman–Crippen MR) is 116 cm³/mol. The third-order valence-corrected chi connectivity index (χ3v) is 4.89. The van der Waals surface area contributed by atoms with Gasteiger partial charge in [0.1, 0.15) is 6.61 Å². The lowest BCUT2D eigenvalue weighted by Crippen LogP contribution is -2.15. The number of nitrogens with one attached hydrogen (secondary N) is 1. The van der Waals surface area contributed by atoms with Crippen molar-refractivity contribution in [2.75, 3.05) is 12.4 Å². The van der Waals surface area contributed by atoms with Gasteiger partial charge in [-0.2, -0.15) is 0 Å². The van der Waals surface area contributed by atoms with Crippen LogP contribution in [0.1, 0.15) is 31.8 Å². The van der Waals surface area contributed by atoms with Gasteiger partial charge < -0.3 is 20.5 Å². The van der Waals surface area contributed by atoms with Crippen molar-refractivity contribution in [3.63, 3.8) is 0 Å². The van der Waals surface area contributed by atoms with E-state index in [2.05, 4.69) is 5.32 Å². The Labute approximate surface area is 179 Å². The topological polar surface area (TPSA) is 90.6 Å². The highest BCUT2D eigenvalue weighted by Crippen LogP contribution is 2.30. The van der Waals surface area contributed by atoms with Crippen LogP contribution in [0.2, 0.25) is 5.02 Å². The maximum Gasteiger partial charge on any atom is 0.255 e. The largest absolute Gasteiger partial charge is 0.493 e. The molecular formula is C23H21ClN2O4. The van der Waals surface area contributed by atoms with Crippen LogP contribution in [0.15, 0.2) is 60.7 Å². The maximum atomic E-state index is 12.6. The van der Waals surface area contributed by atoms with Crippen LogP contribution in [0.4, 0.5) is 5.69 Å². The highest BCUT2D eigenvalue weighted by atomic mass is 35.5. The normalized spacial score (nSPS) is 10.4. The number of amides is 2. The SMILES string of the molecule is COc1cc(C(=O)Nc2ccc(C(N)=O)c(C)c2)ccc1OCc1ccccc1Cl. The molecule has 3 rings (SSSR count). The van der Waals surface area contributed by atoms with Crippen molar-refractivity contribution in [1.82, 2.24) is 0 Å². The number of anilines is 1. The second kappa shape index (κ2) is 9.33. The van der Waals surface area contributed by atoms with E-state index in [1.807, 2.05) is 18.2 Å². The Balaban J connectivity index is 1.73. The molecule has 0 aliphatic heterocycles. The van der Waals surface area contributed by atoms with Crippen molar-refractivity contribution >= 4 is 29.1 Å². The molecule has 30 heavy (non-hydrogen) atoms. The van der Waals surface area contributed by atoms with Crippen molar-refractivity contribution in [3.8, 4) is 11.5 Å². The molecule has 3 N–H and O–H groups in total. The van der Waals surface area contributed by atoms with Gasteiger partial charge >= 0.3 is 0 Å². The molecule has 3 aromatic carbocycles. The Hall–Kier alpha value is -3.51. The summed E-state index contributed by atoms with van der Waals surface area (Å²) in [4.78, 5) is 24.0. The highest BCUT2D eigenvalue weighted by molar-refractivity contribution is 6.31. The minimum atomic E-state index is -0.512. The van der Waals surface area contributed by atoms with E-state index < -0.39 is 5.91 Å². The van der Waals surface area contributed by atoms with Crippen LogP contribution in [0.25, 0.3) is 0 Å². The number of halogens is 1. The molecular weight excluding hydrogens is 404 g/mol. The molecule has 0 aliphatic carbocycles. The molecule has 0 radical (unpaired) electrons. The monoisotopic (exact) mass is 424 g/mol. The lowest BCUT2D eigenvalue weighted by Gasteiger charge is -2.13. The maximum absolute atomic E-state index is 12.6. The van der Waals surface area contributed by atoms with E-state index in [4.69, 9.17) is 26.8 Å².